The summed E-state index contributed by atoms with van der Waals surface area (Å²) in [5.74, 6) is 0.737. The summed E-state index contributed by atoms with van der Waals surface area (Å²) in [7, 11) is 0. The zero-order chi connectivity index (χ0) is 20.8. The molecule has 0 bridgehead atoms. The summed E-state index contributed by atoms with van der Waals surface area (Å²) >= 11 is 0. The van der Waals surface area contributed by atoms with Crippen LogP contribution >= 0.6 is 0 Å². The molecular weight excluding hydrogens is 376 g/mol. The maximum absolute atomic E-state index is 12.6. The van der Waals surface area contributed by atoms with E-state index in [0.29, 0.717) is 45.9 Å². The van der Waals surface area contributed by atoms with Crippen LogP contribution in [0.25, 0.3) is 0 Å². The van der Waals surface area contributed by atoms with Crippen molar-refractivity contribution in [2.75, 3.05) is 50.8 Å². The molecule has 2 aliphatic heterocycles. The second-order valence-electron chi connectivity index (χ2n) is 6.95. The monoisotopic (exact) mass is 404 g/mol. The molecule has 0 aromatic heterocycles. The molecule has 0 spiro atoms. The second-order valence-corrected chi connectivity index (χ2v) is 6.95. The molecule has 2 heterocycles. The molecule has 9 heteroatoms. The second kappa shape index (κ2) is 9.49. The van der Waals surface area contributed by atoms with E-state index in [1.807, 2.05) is 31.2 Å². The third-order valence-corrected chi connectivity index (χ3v) is 5.00. The van der Waals surface area contributed by atoms with Crippen molar-refractivity contribution >= 4 is 23.7 Å². The van der Waals surface area contributed by atoms with Gasteiger partial charge in [-0.2, -0.15) is 0 Å². The van der Waals surface area contributed by atoms with Crippen LogP contribution in [0.5, 0.6) is 5.75 Å². The molecule has 0 unspecified atom stereocenters. The Labute approximate surface area is 170 Å². The molecule has 29 heavy (non-hydrogen) atoms. The van der Waals surface area contributed by atoms with Gasteiger partial charge in [0.1, 0.15) is 5.75 Å². The molecule has 1 aromatic carbocycles. The van der Waals surface area contributed by atoms with Gasteiger partial charge in [0.2, 0.25) is 5.91 Å². The minimum absolute atomic E-state index is 0.0217. The van der Waals surface area contributed by atoms with Gasteiger partial charge in [-0.1, -0.05) is 0 Å². The predicted octanol–water partition coefficient (Wildman–Crippen LogP) is 1.67. The number of hydrogen-bond donors (Lipinski definition) is 1. The number of benzene rings is 1. The van der Waals surface area contributed by atoms with Gasteiger partial charge < -0.3 is 29.5 Å². The number of carbonyl (C=O) groups is 3. The Balaban J connectivity index is 1.49. The van der Waals surface area contributed by atoms with Crippen LogP contribution in [0.15, 0.2) is 24.3 Å². The summed E-state index contributed by atoms with van der Waals surface area (Å²) in [4.78, 5) is 41.7. The highest BCUT2D eigenvalue weighted by atomic mass is 16.6. The van der Waals surface area contributed by atoms with E-state index in [4.69, 9.17) is 9.47 Å². The highest BCUT2D eigenvalue weighted by Gasteiger charge is 2.33. The first-order chi connectivity index (χ1) is 14.0. The fourth-order valence-corrected chi connectivity index (χ4v) is 3.52. The number of nitrogens with one attached hydrogen (secondary N) is 1. The standard InChI is InChI=1S/C20H28N4O5/c1-3-28-17-7-5-16(6-8-17)24-14-15(13-18(24)25)21-19(26)22-9-11-23(12-10-22)20(27)29-4-2/h5-8,15H,3-4,9-14H2,1-2H3,(H,21,26)/t15-/m1/s1. The molecule has 1 N–H and O–H groups in total. The van der Waals surface area contributed by atoms with Gasteiger partial charge in [0.05, 0.1) is 19.3 Å². The van der Waals surface area contributed by atoms with Gasteiger partial charge in [0.15, 0.2) is 0 Å². The largest absolute Gasteiger partial charge is 0.494 e. The third-order valence-electron chi connectivity index (χ3n) is 5.00. The molecule has 9 nitrogen and oxygen atoms in total. The molecule has 158 valence electrons. The molecule has 3 rings (SSSR count). The molecule has 2 fully saturated rings. The predicted molar refractivity (Wildman–Crippen MR) is 107 cm³/mol. The zero-order valence-electron chi connectivity index (χ0n) is 16.9. The number of carbonyl (C=O) groups excluding carboxylic acids is 3. The van der Waals surface area contributed by atoms with E-state index in [1.165, 1.54) is 0 Å². The summed E-state index contributed by atoms with van der Waals surface area (Å²) in [6, 6.07) is 6.91. The summed E-state index contributed by atoms with van der Waals surface area (Å²) < 4.78 is 10.4. The average molecular weight is 404 g/mol. The van der Waals surface area contributed by atoms with E-state index in [1.54, 1.807) is 21.6 Å². The number of amides is 4. The van der Waals surface area contributed by atoms with Gasteiger partial charge in [0, 0.05) is 44.8 Å². The Morgan fingerprint density at radius 3 is 2.31 bits per heavy atom. The van der Waals surface area contributed by atoms with Crippen LogP contribution < -0.4 is 15.0 Å². The zero-order valence-corrected chi connectivity index (χ0v) is 16.9. The minimum atomic E-state index is -0.347. The first-order valence-corrected chi connectivity index (χ1v) is 10.0. The third kappa shape index (κ3) is 5.10. The van der Waals surface area contributed by atoms with Crippen LogP contribution in [-0.4, -0.2) is 79.8 Å². The fourth-order valence-electron chi connectivity index (χ4n) is 3.52. The smallest absolute Gasteiger partial charge is 0.409 e. The van der Waals surface area contributed by atoms with Crippen LogP contribution in [0, 0.1) is 0 Å². The first kappa shape index (κ1) is 20.8. The molecule has 0 radical (unpaired) electrons. The summed E-state index contributed by atoms with van der Waals surface area (Å²) in [6.07, 6.45) is -0.0817. The Morgan fingerprint density at radius 1 is 1.03 bits per heavy atom. The average Bonchev–Trinajstić information content (AvgIpc) is 3.09. The lowest BCUT2D eigenvalue weighted by atomic mass is 10.2. The van der Waals surface area contributed by atoms with E-state index in [0.717, 1.165) is 11.4 Å². The van der Waals surface area contributed by atoms with Gasteiger partial charge in [-0.3, -0.25) is 4.79 Å². The number of anilines is 1. The van der Waals surface area contributed by atoms with Crippen molar-refractivity contribution in [2.45, 2.75) is 26.3 Å². The van der Waals surface area contributed by atoms with Gasteiger partial charge in [-0.25, -0.2) is 9.59 Å². The lowest BCUT2D eigenvalue weighted by molar-refractivity contribution is -0.117. The maximum atomic E-state index is 12.6. The molecule has 2 aliphatic rings. The number of urea groups is 1. The van der Waals surface area contributed by atoms with E-state index < -0.39 is 0 Å². The van der Waals surface area contributed by atoms with Crippen molar-refractivity contribution in [1.82, 2.24) is 15.1 Å². The van der Waals surface area contributed by atoms with Crippen LogP contribution in [0.3, 0.4) is 0 Å². The Bertz CT molecular complexity index is 731. The van der Waals surface area contributed by atoms with Crippen LogP contribution in [0.4, 0.5) is 15.3 Å². The van der Waals surface area contributed by atoms with Crippen molar-refractivity contribution in [3.63, 3.8) is 0 Å². The molecule has 1 aromatic rings. The maximum Gasteiger partial charge on any atom is 0.409 e. The van der Waals surface area contributed by atoms with Crippen LogP contribution in [0.2, 0.25) is 0 Å². The quantitative estimate of drug-likeness (QED) is 0.806. The Hall–Kier alpha value is -2.97. The van der Waals surface area contributed by atoms with Crippen LogP contribution in [0.1, 0.15) is 20.3 Å². The fraction of sp³-hybridized carbons (Fsp3) is 0.550. The van der Waals surface area contributed by atoms with Crippen molar-refractivity contribution in [3.05, 3.63) is 24.3 Å². The number of nitrogens with zero attached hydrogens (tertiary/aromatic N) is 3. The van der Waals surface area contributed by atoms with E-state index in [-0.39, 0.29) is 30.5 Å². The van der Waals surface area contributed by atoms with Gasteiger partial charge in [-0.15, -0.1) is 0 Å². The molecule has 4 amide bonds. The topological polar surface area (TPSA) is 91.4 Å². The normalized spacial score (nSPS) is 19.3. The Morgan fingerprint density at radius 2 is 1.69 bits per heavy atom. The Kier molecular flexibility index (Phi) is 6.79. The molecular formula is C20H28N4O5. The molecule has 0 saturated carbocycles. The number of hydrogen-bond acceptors (Lipinski definition) is 5. The van der Waals surface area contributed by atoms with Crippen molar-refractivity contribution in [2.24, 2.45) is 0 Å². The van der Waals surface area contributed by atoms with Crippen molar-refractivity contribution in [3.8, 4) is 5.75 Å². The highest BCUT2D eigenvalue weighted by Crippen LogP contribution is 2.24. The molecule has 0 aliphatic carbocycles. The summed E-state index contributed by atoms with van der Waals surface area (Å²) in [5, 5.41) is 2.94. The van der Waals surface area contributed by atoms with Crippen molar-refractivity contribution in [1.29, 1.82) is 0 Å². The number of rotatable bonds is 5. The number of piperazine rings is 1. The lowest BCUT2D eigenvalue weighted by Crippen LogP contribution is -2.54. The van der Waals surface area contributed by atoms with E-state index in [2.05, 4.69) is 5.32 Å². The molecule has 2 saturated heterocycles. The first-order valence-electron chi connectivity index (χ1n) is 10.0. The van der Waals surface area contributed by atoms with Crippen molar-refractivity contribution < 1.29 is 23.9 Å². The SMILES string of the molecule is CCOC(=O)N1CCN(C(=O)N[C@@H]2CC(=O)N(c3ccc(OCC)cc3)C2)CC1. The van der Waals surface area contributed by atoms with E-state index in [9.17, 15) is 14.4 Å². The lowest BCUT2D eigenvalue weighted by Gasteiger charge is -2.34. The molecule has 1 atom stereocenters. The van der Waals surface area contributed by atoms with Gasteiger partial charge in [-0.05, 0) is 38.1 Å². The summed E-state index contributed by atoms with van der Waals surface area (Å²) in [6.45, 7) is 6.79. The van der Waals surface area contributed by atoms with Gasteiger partial charge in [0.25, 0.3) is 0 Å². The van der Waals surface area contributed by atoms with Gasteiger partial charge >= 0.3 is 12.1 Å². The number of ether oxygens (including phenoxy) is 2. The van der Waals surface area contributed by atoms with E-state index >= 15 is 0 Å². The van der Waals surface area contributed by atoms with Crippen LogP contribution in [-0.2, 0) is 9.53 Å². The minimum Gasteiger partial charge on any atom is -0.494 e. The summed E-state index contributed by atoms with van der Waals surface area (Å²) in [5.41, 5.74) is 0.790. The highest BCUT2D eigenvalue weighted by molar-refractivity contribution is 5.96.